The first kappa shape index (κ1) is 74.2. The number of aliphatic hydroxyl groups excluding tert-OH is 5. The van der Waals surface area contributed by atoms with E-state index in [1.807, 2.05) is 6.08 Å². The third-order valence-electron chi connectivity index (χ3n) is 16.1. The molecule has 1 saturated heterocycles. The summed E-state index contributed by atoms with van der Waals surface area (Å²) in [5.74, 6) is -0.182. The summed E-state index contributed by atoms with van der Waals surface area (Å²) in [4.78, 5) is 25.1. The van der Waals surface area contributed by atoms with E-state index < -0.39 is 49.5 Å². The summed E-state index contributed by atoms with van der Waals surface area (Å²) in [5, 5.41) is 54.3. The van der Waals surface area contributed by atoms with Crippen molar-refractivity contribution in [3.05, 3.63) is 24.3 Å². The predicted octanol–water partition coefficient (Wildman–Crippen LogP) is 16.5. The molecule has 0 bridgehead atoms. The number of aliphatic hydroxyl groups is 5. The molecule has 1 rings (SSSR count). The molecule has 7 unspecified atom stereocenters. The quantitative estimate of drug-likeness (QED) is 0.0195. The van der Waals surface area contributed by atoms with E-state index in [-0.39, 0.29) is 18.5 Å². The van der Waals surface area contributed by atoms with Crippen LogP contribution in [-0.2, 0) is 23.8 Å². The highest BCUT2D eigenvalue weighted by Gasteiger charge is 2.44. The Morgan fingerprint density at radius 1 is 0.462 bits per heavy atom. The van der Waals surface area contributed by atoms with Gasteiger partial charge in [0.15, 0.2) is 6.29 Å². The molecule has 0 aliphatic carbocycles. The van der Waals surface area contributed by atoms with Crippen LogP contribution >= 0.6 is 0 Å². The van der Waals surface area contributed by atoms with Gasteiger partial charge in [-0.15, -0.1) is 0 Å². The zero-order chi connectivity index (χ0) is 56.6. The number of allylic oxidation sites excluding steroid dienone is 3. The van der Waals surface area contributed by atoms with Gasteiger partial charge >= 0.3 is 5.97 Å². The first-order valence-corrected chi connectivity index (χ1v) is 33.6. The minimum absolute atomic E-state index is 0.000845. The minimum Gasteiger partial charge on any atom is -0.466 e. The maximum absolute atomic E-state index is 13.0. The van der Waals surface area contributed by atoms with E-state index in [0.717, 1.165) is 57.8 Å². The second kappa shape index (κ2) is 57.0. The van der Waals surface area contributed by atoms with Crippen LogP contribution in [0.2, 0.25) is 0 Å². The predicted molar refractivity (Wildman–Crippen MR) is 324 cm³/mol. The normalized spacial score (nSPS) is 18.6. The fourth-order valence-electron chi connectivity index (χ4n) is 10.7. The summed E-state index contributed by atoms with van der Waals surface area (Å²) in [6.45, 7) is 4.33. The first-order chi connectivity index (χ1) is 38.2. The number of nitrogens with one attached hydrogen (secondary N) is 1. The van der Waals surface area contributed by atoms with Crippen LogP contribution in [0.5, 0.6) is 0 Å². The lowest BCUT2D eigenvalue weighted by atomic mass is 9.99. The summed E-state index contributed by atoms with van der Waals surface area (Å²) in [6, 6.07) is -0.808. The topological polar surface area (TPSA) is 175 Å². The highest BCUT2D eigenvalue weighted by atomic mass is 16.7. The Kier molecular flexibility index (Phi) is 54.2. The Hall–Kier alpha value is -1.86. The highest BCUT2D eigenvalue weighted by Crippen LogP contribution is 2.23. The molecule has 0 spiro atoms. The second-order valence-electron chi connectivity index (χ2n) is 23.5. The molecule has 1 amide bonds. The largest absolute Gasteiger partial charge is 0.466 e. The van der Waals surface area contributed by atoms with Gasteiger partial charge < -0.3 is 45.1 Å². The fraction of sp³-hybridized carbons (Fsp3) is 0.910. The van der Waals surface area contributed by atoms with Gasteiger partial charge in [0.05, 0.1) is 32.0 Å². The van der Waals surface area contributed by atoms with Crippen molar-refractivity contribution in [1.29, 1.82) is 0 Å². The van der Waals surface area contributed by atoms with E-state index in [1.54, 1.807) is 6.08 Å². The molecule has 460 valence electrons. The molecular weight excluding hydrogens is 979 g/mol. The molecule has 7 atom stereocenters. The summed E-state index contributed by atoms with van der Waals surface area (Å²) >= 11 is 0. The van der Waals surface area contributed by atoms with Crippen LogP contribution < -0.4 is 5.32 Å². The van der Waals surface area contributed by atoms with Crippen LogP contribution in [0.3, 0.4) is 0 Å². The number of carbonyl (C=O) groups is 2. The van der Waals surface area contributed by atoms with Gasteiger partial charge in [-0.1, -0.05) is 282 Å². The number of hydrogen-bond donors (Lipinski definition) is 6. The summed E-state index contributed by atoms with van der Waals surface area (Å²) in [5.41, 5.74) is 0. The van der Waals surface area contributed by atoms with E-state index in [0.29, 0.717) is 19.4 Å². The van der Waals surface area contributed by atoms with Crippen molar-refractivity contribution in [3.8, 4) is 0 Å². The molecule has 0 aromatic carbocycles. The van der Waals surface area contributed by atoms with Gasteiger partial charge in [0, 0.05) is 12.8 Å². The van der Waals surface area contributed by atoms with Gasteiger partial charge in [-0.05, 0) is 57.8 Å². The molecule has 78 heavy (non-hydrogen) atoms. The fourth-order valence-corrected chi connectivity index (χ4v) is 10.7. The number of amides is 1. The van der Waals surface area contributed by atoms with Crippen LogP contribution in [0.4, 0.5) is 0 Å². The number of carbonyl (C=O) groups excluding carboxylic acids is 2. The Bertz CT molecular complexity index is 1350. The molecule has 1 heterocycles. The van der Waals surface area contributed by atoms with Crippen molar-refractivity contribution in [3.63, 3.8) is 0 Å². The molecule has 6 N–H and O–H groups in total. The molecule has 11 heteroatoms. The molecule has 11 nitrogen and oxygen atoms in total. The number of esters is 1. The van der Waals surface area contributed by atoms with Crippen molar-refractivity contribution >= 4 is 11.9 Å². The lowest BCUT2D eigenvalue weighted by molar-refractivity contribution is -0.302. The molecular formula is C67H127NO10. The molecule has 0 radical (unpaired) electrons. The standard InChI is InChI=1S/C67H127NO10/c1-3-5-7-9-11-13-14-15-16-17-22-26-29-32-35-39-43-47-51-55-63(72)76-56-52-48-44-40-36-33-30-27-24-21-19-18-20-23-25-28-31-34-38-42-46-50-54-62(71)68-59(60(70)53-49-45-41-37-12-10-8-6-4-2)58-77-67-66(75)65(74)64(73)61(57-69)78-67/h15-16,49,53,59-61,64-67,69-70,73-75H,3-14,17-48,50-52,54-58H2,1-2H3,(H,68,71)/b16-15-,53-49+. The van der Waals surface area contributed by atoms with Crippen LogP contribution in [0, 0.1) is 0 Å². The Balaban J connectivity index is 1.93. The highest BCUT2D eigenvalue weighted by molar-refractivity contribution is 5.76. The molecule has 1 fully saturated rings. The third-order valence-corrected chi connectivity index (χ3v) is 16.1. The molecule has 0 saturated carbocycles. The zero-order valence-corrected chi connectivity index (χ0v) is 50.9. The van der Waals surface area contributed by atoms with E-state index in [2.05, 4.69) is 31.3 Å². The van der Waals surface area contributed by atoms with Gasteiger partial charge in [-0.2, -0.15) is 0 Å². The third kappa shape index (κ3) is 45.7. The number of unbranched alkanes of at least 4 members (excludes halogenated alkanes) is 43. The average molecular weight is 1110 g/mol. The van der Waals surface area contributed by atoms with Gasteiger partial charge in [-0.3, -0.25) is 9.59 Å². The van der Waals surface area contributed by atoms with Crippen molar-refractivity contribution in [2.45, 2.75) is 371 Å². The van der Waals surface area contributed by atoms with E-state index in [4.69, 9.17) is 14.2 Å². The Labute approximate surface area is 480 Å². The van der Waals surface area contributed by atoms with Crippen LogP contribution in [0.15, 0.2) is 24.3 Å². The van der Waals surface area contributed by atoms with Gasteiger partial charge in [0.25, 0.3) is 0 Å². The van der Waals surface area contributed by atoms with Gasteiger partial charge in [0.1, 0.15) is 24.4 Å². The van der Waals surface area contributed by atoms with Crippen molar-refractivity contribution in [1.82, 2.24) is 5.32 Å². The molecule has 1 aliphatic rings. The number of ether oxygens (including phenoxy) is 3. The summed E-state index contributed by atoms with van der Waals surface area (Å²) < 4.78 is 16.7. The van der Waals surface area contributed by atoms with Crippen molar-refractivity contribution in [2.24, 2.45) is 0 Å². The van der Waals surface area contributed by atoms with Crippen molar-refractivity contribution < 1.29 is 49.3 Å². The lowest BCUT2D eigenvalue weighted by Gasteiger charge is -2.40. The monoisotopic (exact) mass is 1110 g/mol. The average Bonchev–Trinajstić information content (AvgIpc) is 3.43. The lowest BCUT2D eigenvalue weighted by Crippen LogP contribution is -2.60. The van der Waals surface area contributed by atoms with Crippen LogP contribution in [-0.4, -0.2) is 100 Å². The maximum atomic E-state index is 13.0. The van der Waals surface area contributed by atoms with Crippen LogP contribution in [0.25, 0.3) is 0 Å². The second-order valence-corrected chi connectivity index (χ2v) is 23.5. The summed E-state index contributed by atoms with van der Waals surface area (Å²) in [7, 11) is 0. The number of rotatable bonds is 59. The van der Waals surface area contributed by atoms with Crippen LogP contribution in [0.1, 0.15) is 328 Å². The van der Waals surface area contributed by atoms with Gasteiger partial charge in [-0.25, -0.2) is 0 Å². The zero-order valence-electron chi connectivity index (χ0n) is 50.9. The Morgan fingerprint density at radius 2 is 0.821 bits per heavy atom. The van der Waals surface area contributed by atoms with Crippen molar-refractivity contribution in [2.75, 3.05) is 19.8 Å². The molecule has 1 aliphatic heterocycles. The van der Waals surface area contributed by atoms with E-state index in [1.165, 1.54) is 244 Å². The summed E-state index contributed by atoms with van der Waals surface area (Å²) in [6.07, 6.45) is 60.2. The maximum Gasteiger partial charge on any atom is 0.305 e. The van der Waals surface area contributed by atoms with E-state index in [9.17, 15) is 35.1 Å². The smallest absolute Gasteiger partial charge is 0.305 e. The molecule has 0 aromatic rings. The first-order valence-electron chi connectivity index (χ1n) is 33.6. The SMILES string of the molecule is CCCCCCCC/C=C\CCCCCCCCCCCC(=O)OCCCCCCCCCCCCCCCCCCCCCCCCC(=O)NC(COC1OC(CO)C(O)C(O)C1O)C(O)/C=C/CCCCCCCCC. The number of hydrogen-bond acceptors (Lipinski definition) is 10. The Morgan fingerprint density at radius 3 is 1.23 bits per heavy atom. The molecule has 0 aromatic heterocycles. The van der Waals surface area contributed by atoms with Gasteiger partial charge in [0.2, 0.25) is 5.91 Å². The van der Waals surface area contributed by atoms with E-state index >= 15 is 0 Å². The minimum atomic E-state index is -1.57.